The molecule has 1 aliphatic carbocycles. The van der Waals surface area contributed by atoms with Crippen molar-refractivity contribution in [3.05, 3.63) is 24.3 Å². The first-order chi connectivity index (χ1) is 12.5. The third-order valence-corrected chi connectivity index (χ3v) is 6.74. The van der Waals surface area contributed by atoms with Crippen molar-refractivity contribution in [1.82, 2.24) is 0 Å². The average molecular weight is 397 g/mol. The SMILES string of the molecule is CC(C)(C)COCCCC(C)(C)CS(=O)(=O)c1cccc(OCC2CC2)c1. The molecule has 1 saturated carbocycles. The Balaban J connectivity index is 1.86. The summed E-state index contributed by atoms with van der Waals surface area (Å²) in [4.78, 5) is 0.354. The molecule has 0 amide bonds. The summed E-state index contributed by atoms with van der Waals surface area (Å²) in [6, 6.07) is 6.93. The van der Waals surface area contributed by atoms with Crippen LogP contribution in [0.4, 0.5) is 0 Å². The second kappa shape index (κ2) is 8.95. The Labute approximate surface area is 165 Å². The Morgan fingerprint density at radius 2 is 1.81 bits per heavy atom. The molecule has 0 bridgehead atoms. The topological polar surface area (TPSA) is 52.6 Å². The smallest absolute Gasteiger partial charge is 0.179 e. The molecule has 0 radical (unpaired) electrons. The van der Waals surface area contributed by atoms with Gasteiger partial charge < -0.3 is 9.47 Å². The van der Waals surface area contributed by atoms with E-state index >= 15 is 0 Å². The van der Waals surface area contributed by atoms with Gasteiger partial charge in [0.1, 0.15) is 5.75 Å². The molecule has 2 rings (SSSR count). The van der Waals surface area contributed by atoms with E-state index in [-0.39, 0.29) is 16.6 Å². The van der Waals surface area contributed by atoms with Crippen LogP contribution in [0.2, 0.25) is 0 Å². The first-order valence-corrected chi connectivity index (χ1v) is 11.7. The van der Waals surface area contributed by atoms with E-state index in [1.807, 2.05) is 19.9 Å². The minimum atomic E-state index is -3.35. The standard InChI is InChI=1S/C22H36O4S/c1-21(2,3)16-25-13-7-12-22(4,5)17-27(23,24)20-9-6-8-19(14-20)26-15-18-10-11-18/h6,8-9,14,18H,7,10-13,15-17H2,1-5H3. The van der Waals surface area contributed by atoms with Crippen molar-refractivity contribution in [3.8, 4) is 5.75 Å². The van der Waals surface area contributed by atoms with Gasteiger partial charge >= 0.3 is 0 Å². The summed E-state index contributed by atoms with van der Waals surface area (Å²) < 4.78 is 37.2. The number of sulfone groups is 1. The number of rotatable bonds is 11. The van der Waals surface area contributed by atoms with Gasteiger partial charge in [0.05, 0.1) is 23.9 Å². The van der Waals surface area contributed by atoms with Gasteiger partial charge in [-0.2, -0.15) is 0 Å². The average Bonchev–Trinajstić information content (AvgIpc) is 3.35. The normalized spacial score (nSPS) is 15.7. The molecule has 154 valence electrons. The van der Waals surface area contributed by atoms with E-state index in [1.165, 1.54) is 12.8 Å². The van der Waals surface area contributed by atoms with Crippen molar-refractivity contribution >= 4 is 9.84 Å². The van der Waals surface area contributed by atoms with Gasteiger partial charge in [0.25, 0.3) is 0 Å². The lowest BCUT2D eigenvalue weighted by Crippen LogP contribution is -2.25. The first-order valence-electron chi connectivity index (χ1n) is 10.0. The van der Waals surface area contributed by atoms with E-state index in [1.54, 1.807) is 18.2 Å². The number of benzene rings is 1. The minimum Gasteiger partial charge on any atom is -0.493 e. The molecule has 0 aliphatic heterocycles. The Morgan fingerprint density at radius 3 is 2.44 bits per heavy atom. The fourth-order valence-electron chi connectivity index (χ4n) is 2.96. The van der Waals surface area contributed by atoms with Gasteiger partial charge in [0, 0.05) is 6.61 Å². The van der Waals surface area contributed by atoms with Gasteiger partial charge in [0.15, 0.2) is 9.84 Å². The van der Waals surface area contributed by atoms with Crippen LogP contribution in [-0.2, 0) is 14.6 Å². The van der Waals surface area contributed by atoms with Crippen molar-refractivity contribution in [2.24, 2.45) is 16.7 Å². The largest absolute Gasteiger partial charge is 0.493 e. The highest BCUT2D eigenvalue weighted by Gasteiger charge is 2.28. The molecule has 0 spiro atoms. The van der Waals surface area contributed by atoms with Crippen LogP contribution in [0.3, 0.4) is 0 Å². The lowest BCUT2D eigenvalue weighted by Gasteiger charge is -2.25. The van der Waals surface area contributed by atoms with Crippen LogP contribution in [0.5, 0.6) is 5.75 Å². The van der Waals surface area contributed by atoms with Gasteiger partial charge in [0.2, 0.25) is 0 Å². The number of ether oxygens (including phenoxy) is 2. The van der Waals surface area contributed by atoms with Gasteiger partial charge in [-0.05, 0) is 60.6 Å². The second-order valence-electron chi connectivity index (χ2n) is 9.87. The zero-order valence-electron chi connectivity index (χ0n) is 17.6. The number of hydrogen-bond acceptors (Lipinski definition) is 4. The van der Waals surface area contributed by atoms with Gasteiger partial charge in [-0.3, -0.25) is 0 Å². The predicted molar refractivity (Wildman–Crippen MR) is 110 cm³/mol. The first kappa shape index (κ1) is 22.2. The highest BCUT2D eigenvalue weighted by Crippen LogP contribution is 2.31. The minimum absolute atomic E-state index is 0.130. The summed E-state index contributed by atoms with van der Waals surface area (Å²) >= 11 is 0. The Bertz CT molecular complexity index is 697. The van der Waals surface area contributed by atoms with E-state index < -0.39 is 9.84 Å². The highest BCUT2D eigenvalue weighted by molar-refractivity contribution is 7.91. The summed E-state index contributed by atoms with van der Waals surface area (Å²) in [5.74, 6) is 1.42. The maximum atomic E-state index is 12.9. The zero-order valence-corrected chi connectivity index (χ0v) is 18.4. The van der Waals surface area contributed by atoms with Crippen LogP contribution >= 0.6 is 0 Å². The molecule has 0 heterocycles. The molecule has 1 aromatic rings. The van der Waals surface area contributed by atoms with Crippen molar-refractivity contribution in [2.45, 2.75) is 65.2 Å². The van der Waals surface area contributed by atoms with Crippen LogP contribution in [0.1, 0.15) is 60.3 Å². The second-order valence-corrected chi connectivity index (χ2v) is 11.9. The molecule has 0 saturated heterocycles. The molecule has 5 heteroatoms. The number of hydrogen-bond donors (Lipinski definition) is 0. The van der Waals surface area contributed by atoms with Crippen molar-refractivity contribution in [1.29, 1.82) is 0 Å². The van der Waals surface area contributed by atoms with Crippen LogP contribution < -0.4 is 4.74 Å². The Morgan fingerprint density at radius 1 is 1.11 bits per heavy atom. The maximum absolute atomic E-state index is 12.9. The maximum Gasteiger partial charge on any atom is 0.179 e. The van der Waals surface area contributed by atoms with Crippen molar-refractivity contribution in [2.75, 3.05) is 25.6 Å². The zero-order chi connectivity index (χ0) is 20.1. The molecule has 0 unspecified atom stereocenters. The van der Waals surface area contributed by atoms with Gasteiger partial charge in [-0.1, -0.05) is 40.7 Å². The highest BCUT2D eigenvalue weighted by atomic mass is 32.2. The van der Waals surface area contributed by atoms with E-state index in [2.05, 4.69) is 20.8 Å². The molecular weight excluding hydrogens is 360 g/mol. The summed E-state index contributed by atoms with van der Waals surface area (Å²) in [5.41, 5.74) is -0.139. The summed E-state index contributed by atoms with van der Waals surface area (Å²) in [5, 5.41) is 0. The third-order valence-electron chi connectivity index (χ3n) is 4.61. The van der Waals surface area contributed by atoms with Crippen LogP contribution in [-0.4, -0.2) is 34.0 Å². The fourth-order valence-corrected chi connectivity index (χ4v) is 4.88. The van der Waals surface area contributed by atoms with Crippen LogP contribution in [0, 0.1) is 16.7 Å². The van der Waals surface area contributed by atoms with E-state index in [4.69, 9.17) is 9.47 Å². The van der Waals surface area contributed by atoms with E-state index in [0.717, 1.165) is 19.4 Å². The predicted octanol–water partition coefficient (Wildman–Crippen LogP) is 5.12. The van der Waals surface area contributed by atoms with Crippen molar-refractivity contribution in [3.63, 3.8) is 0 Å². The van der Waals surface area contributed by atoms with Gasteiger partial charge in [-0.15, -0.1) is 0 Å². The molecule has 1 fully saturated rings. The summed E-state index contributed by atoms with van der Waals surface area (Å²) in [7, 11) is -3.35. The fraction of sp³-hybridized carbons (Fsp3) is 0.727. The lowest BCUT2D eigenvalue weighted by molar-refractivity contribution is 0.0649. The third kappa shape index (κ3) is 8.65. The van der Waals surface area contributed by atoms with E-state index in [9.17, 15) is 8.42 Å². The molecule has 0 aromatic heterocycles. The molecular formula is C22H36O4S. The molecule has 27 heavy (non-hydrogen) atoms. The van der Waals surface area contributed by atoms with Crippen LogP contribution in [0.25, 0.3) is 0 Å². The monoisotopic (exact) mass is 396 g/mol. The molecule has 1 aromatic carbocycles. The molecule has 4 nitrogen and oxygen atoms in total. The lowest BCUT2D eigenvalue weighted by atomic mass is 9.90. The Hall–Kier alpha value is -1.07. The van der Waals surface area contributed by atoms with Crippen molar-refractivity contribution < 1.29 is 17.9 Å². The molecule has 1 aliphatic rings. The van der Waals surface area contributed by atoms with E-state index in [0.29, 0.717) is 29.8 Å². The summed E-state index contributed by atoms with van der Waals surface area (Å²) in [6.07, 6.45) is 4.11. The van der Waals surface area contributed by atoms with Gasteiger partial charge in [-0.25, -0.2) is 8.42 Å². The summed E-state index contributed by atoms with van der Waals surface area (Å²) in [6.45, 7) is 12.5. The Kier molecular flexibility index (Phi) is 7.37. The molecule has 0 N–H and O–H groups in total. The quantitative estimate of drug-likeness (QED) is 0.487. The van der Waals surface area contributed by atoms with Crippen LogP contribution in [0.15, 0.2) is 29.2 Å². The molecule has 0 atom stereocenters.